The van der Waals surface area contributed by atoms with Crippen LogP contribution in [0.25, 0.3) is 10.2 Å². The molecule has 0 aliphatic carbocycles. The number of ether oxygens (including phenoxy) is 1. The smallest absolute Gasteiger partial charge is 0.270 e. The van der Waals surface area contributed by atoms with E-state index < -0.39 is 4.92 Å². The van der Waals surface area contributed by atoms with Gasteiger partial charge in [-0.05, 0) is 23.8 Å². The average Bonchev–Trinajstić information content (AvgIpc) is 2.98. The van der Waals surface area contributed by atoms with Gasteiger partial charge < -0.3 is 9.64 Å². The molecule has 0 fully saturated rings. The summed E-state index contributed by atoms with van der Waals surface area (Å²) in [6.45, 7) is 0.680. The highest BCUT2D eigenvalue weighted by Gasteiger charge is 2.13. The van der Waals surface area contributed by atoms with E-state index in [-0.39, 0.29) is 5.69 Å². The van der Waals surface area contributed by atoms with E-state index in [2.05, 4.69) is 4.98 Å². The van der Waals surface area contributed by atoms with E-state index >= 15 is 0 Å². The summed E-state index contributed by atoms with van der Waals surface area (Å²) in [7, 11) is 3.59. The van der Waals surface area contributed by atoms with Crippen molar-refractivity contribution in [3.8, 4) is 5.75 Å². The standard InChI is InChI=1S/C16H15N3O3S/c1-18(10-11-4-3-5-13(8-11)22-2)16-17-14-7-6-12(19(20)21)9-15(14)23-16/h3-9H,10H2,1-2H3. The maximum atomic E-state index is 10.9. The lowest BCUT2D eigenvalue weighted by molar-refractivity contribution is -0.384. The van der Waals surface area contributed by atoms with Gasteiger partial charge in [0.05, 0.1) is 22.2 Å². The number of hydrogen-bond acceptors (Lipinski definition) is 6. The second-order valence-corrected chi connectivity index (χ2v) is 6.12. The Hall–Kier alpha value is -2.67. The first-order valence-electron chi connectivity index (χ1n) is 6.96. The Labute approximate surface area is 137 Å². The van der Waals surface area contributed by atoms with E-state index in [0.717, 1.165) is 26.7 Å². The fourth-order valence-electron chi connectivity index (χ4n) is 2.29. The van der Waals surface area contributed by atoms with Crippen LogP contribution < -0.4 is 9.64 Å². The molecule has 1 aromatic heterocycles. The van der Waals surface area contributed by atoms with Gasteiger partial charge in [0.1, 0.15) is 5.75 Å². The second kappa shape index (κ2) is 6.21. The third-order valence-corrected chi connectivity index (χ3v) is 4.58. The van der Waals surface area contributed by atoms with Gasteiger partial charge in [-0.3, -0.25) is 10.1 Å². The van der Waals surface area contributed by atoms with Gasteiger partial charge in [-0.2, -0.15) is 0 Å². The van der Waals surface area contributed by atoms with Crippen LogP contribution in [0.15, 0.2) is 42.5 Å². The van der Waals surface area contributed by atoms with Crippen molar-refractivity contribution in [2.45, 2.75) is 6.54 Å². The van der Waals surface area contributed by atoms with Crippen molar-refractivity contribution in [3.05, 3.63) is 58.1 Å². The van der Waals surface area contributed by atoms with Crippen molar-refractivity contribution in [1.29, 1.82) is 0 Å². The molecule has 1 heterocycles. The van der Waals surface area contributed by atoms with E-state index in [1.807, 2.05) is 36.2 Å². The molecule has 7 heteroatoms. The minimum absolute atomic E-state index is 0.0862. The number of benzene rings is 2. The summed E-state index contributed by atoms with van der Waals surface area (Å²) >= 11 is 1.45. The first-order valence-corrected chi connectivity index (χ1v) is 7.77. The fourth-order valence-corrected chi connectivity index (χ4v) is 3.25. The summed E-state index contributed by atoms with van der Waals surface area (Å²) in [6.07, 6.45) is 0. The van der Waals surface area contributed by atoms with Gasteiger partial charge >= 0.3 is 0 Å². The number of hydrogen-bond donors (Lipinski definition) is 0. The van der Waals surface area contributed by atoms with Crippen molar-refractivity contribution in [2.75, 3.05) is 19.1 Å². The predicted molar refractivity (Wildman–Crippen MR) is 91.4 cm³/mol. The van der Waals surface area contributed by atoms with Crippen LogP contribution in [0.4, 0.5) is 10.8 Å². The first kappa shape index (κ1) is 15.2. The number of aromatic nitrogens is 1. The molecule has 0 atom stereocenters. The van der Waals surface area contributed by atoms with Crippen LogP contribution in [-0.4, -0.2) is 24.1 Å². The molecule has 0 bridgehead atoms. The third kappa shape index (κ3) is 3.24. The zero-order chi connectivity index (χ0) is 16.4. The zero-order valence-corrected chi connectivity index (χ0v) is 13.5. The normalized spacial score (nSPS) is 10.7. The molecule has 0 aliphatic heterocycles. The lowest BCUT2D eigenvalue weighted by Crippen LogP contribution is -2.15. The molecule has 3 rings (SSSR count). The summed E-state index contributed by atoms with van der Waals surface area (Å²) in [5, 5.41) is 11.7. The zero-order valence-electron chi connectivity index (χ0n) is 12.7. The van der Waals surface area contributed by atoms with E-state index in [1.54, 1.807) is 19.2 Å². The molecule has 0 saturated heterocycles. The van der Waals surface area contributed by atoms with Crippen molar-refractivity contribution in [1.82, 2.24) is 4.98 Å². The van der Waals surface area contributed by atoms with E-state index in [0.29, 0.717) is 6.54 Å². The number of nitro benzene ring substituents is 1. The SMILES string of the molecule is COc1cccc(CN(C)c2nc3ccc([N+](=O)[O-])cc3s2)c1. The average molecular weight is 329 g/mol. The van der Waals surface area contributed by atoms with Crippen LogP contribution in [0.2, 0.25) is 0 Å². The molecule has 0 unspecified atom stereocenters. The number of anilines is 1. The minimum atomic E-state index is -0.390. The summed E-state index contributed by atoms with van der Waals surface area (Å²) in [6, 6.07) is 12.6. The number of methoxy groups -OCH3 is 1. The molecular weight excluding hydrogens is 314 g/mol. The molecular formula is C16H15N3O3S. The lowest BCUT2D eigenvalue weighted by Gasteiger charge is -2.16. The van der Waals surface area contributed by atoms with Crippen molar-refractivity contribution in [2.24, 2.45) is 0 Å². The van der Waals surface area contributed by atoms with Crippen LogP contribution >= 0.6 is 11.3 Å². The molecule has 23 heavy (non-hydrogen) atoms. The van der Waals surface area contributed by atoms with Crippen LogP contribution in [0.3, 0.4) is 0 Å². The molecule has 0 saturated carbocycles. The van der Waals surface area contributed by atoms with Gasteiger partial charge in [-0.25, -0.2) is 4.98 Å². The Kier molecular flexibility index (Phi) is 4.12. The number of nitrogens with zero attached hydrogens (tertiary/aromatic N) is 3. The van der Waals surface area contributed by atoms with Crippen molar-refractivity contribution < 1.29 is 9.66 Å². The molecule has 0 amide bonds. The molecule has 0 aliphatic rings. The maximum absolute atomic E-state index is 10.9. The van der Waals surface area contributed by atoms with E-state index in [4.69, 9.17) is 4.74 Å². The number of nitro groups is 1. The Bertz CT molecular complexity index is 863. The maximum Gasteiger partial charge on any atom is 0.270 e. The Morgan fingerprint density at radius 1 is 1.30 bits per heavy atom. The van der Waals surface area contributed by atoms with Crippen LogP contribution in [0, 0.1) is 10.1 Å². The van der Waals surface area contributed by atoms with Gasteiger partial charge in [0.15, 0.2) is 5.13 Å². The van der Waals surface area contributed by atoms with Gasteiger partial charge in [-0.1, -0.05) is 23.5 Å². The highest BCUT2D eigenvalue weighted by Crippen LogP contribution is 2.31. The van der Waals surface area contributed by atoms with Crippen LogP contribution in [-0.2, 0) is 6.54 Å². The van der Waals surface area contributed by atoms with Gasteiger partial charge in [0.2, 0.25) is 0 Å². The van der Waals surface area contributed by atoms with Crippen molar-refractivity contribution in [3.63, 3.8) is 0 Å². The summed E-state index contributed by atoms with van der Waals surface area (Å²) in [5.41, 5.74) is 1.97. The molecule has 3 aromatic rings. The molecule has 118 valence electrons. The molecule has 0 N–H and O–H groups in total. The number of non-ortho nitro benzene ring substituents is 1. The Morgan fingerprint density at radius 2 is 2.13 bits per heavy atom. The molecule has 6 nitrogen and oxygen atoms in total. The van der Waals surface area contributed by atoms with Crippen LogP contribution in [0.1, 0.15) is 5.56 Å². The highest BCUT2D eigenvalue weighted by molar-refractivity contribution is 7.22. The van der Waals surface area contributed by atoms with Gasteiger partial charge in [-0.15, -0.1) is 0 Å². The number of rotatable bonds is 5. The third-order valence-electron chi connectivity index (χ3n) is 3.45. The summed E-state index contributed by atoms with van der Waals surface area (Å²) in [4.78, 5) is 17.0. The Balaban J connectivity index is 1.85. The van der Waals surface area contributed by atoms with E-state index in [1.165, 1.54) is 17.4 Å². The largest absolute Gasteiger partial charge is 0.497 e. The summed E-state index contributed by atoms with van der Waals surface area (Å²) in [5.74, 6) is 0.816. The van der Waals surface area contributed by atoms with Gasteiger partial charge in [0, 0.05) is 25.7 Å². The number of fused-ring (bicyclic) bond motifs is 1. The fraction of sp³-hybridized carbons (Fsp3) is 0.188. The first-order chi connectivity index (χ1) is 11.1. The van der Waals surface area contributed by atoms with Crippen LogP contribution in [0.5, 0.6) is 5.75 Å². The highest BCUT2D eigenvalue weighted by atomic mass is 32.1. The molecule has 2 aromatic carbocycles. The molecule has 0 spiro atoms. The minimum Gasteiger partial charge on any atom is -0.497 e. The lowest BCUT2D eigenvalue weighted by atomic mass is 10.2. The predicted octanol–water partition coefficient (Wildman–Crippen LogP) is 3.85. The monoisotopic (exact) mass is 329 g/mol. The van der Waals surface area contributed by atoms with Crippen molar-refractivity contribution >= 4 is 32.4 Å². The topological polar surface area (TPSA) is 68.5 Å². The second-order valence-electron chi connectivity index (χ2n) is 5.11. The summed E-state index contributed by atoms with van der Waals surface area (Å²) < 4.78 is 6.04. The molecule has 0 radical (unpaired) electrons. The number of thiazole rings is 1. The quantitative estimate of drug-likeness (QED) is 0.525. The Morgan fingerprint density at radius 3 is 2.87 bits per heavy atom. The van der Waals surface area contributed by atoms with E-state index in [9.17, 15) is 10.1 Å². The van der Waals surface area contributed by atoms with Gasteiger partial charge in [0.25, 0.3) is 5.69 Å².